The highest BCUT2D eigenvalue weighted by atomic mass is 35.5. The van der Waals surface area contributed by atoms with Crippen molar-refractivity contribution in [3.63, 3.8) is 0 Å². The van der Waals surface area contributed by atoms with Gasteiger partial charge in [0.15, 0.2) is 28.4 Å². The molecule has 1 aromatic rings. The van der Waals surface area contributed by atoms with Gasteiger partial charge in [0.25, 0.3) is 5.91 Å². The zero-order chi connectivity index (χ0) is 24.5. The topological polar surface area (TPSA) is 162 Å². The lowest BCUT2D eigenvalue weighted by Gasteiger charge is -2.07. The van der Waals surface area contributed by atoms with Crippen LogP contribution in [0.4, 0.5) is 11.6 Å². The number of rotatable bonds is 17. The number of nitrogen functional groups attached to an aromatic ring is 2. The summed E-state index contributed by atoms with van der Waals surface area (Å²) < 4.78 is 0. The van der Waals surface area contributed by atoms with Gasteiger partial charge < -0.3 is 17.2 Å². The van der Waals surface area contributed by atoms with Crippen LogP contribution in [0, 0.1) is 0 Å². The third kappa shape index (κ3) is 13.0. The maximum absolute atomic E-state index is 12.2. The van der Waals surface area contributed by atoms with E-state index in [1.54, 1.807) is 0 Å². The Labute approximate surface area is 202 Å². The van der Waals surface area contributed by atoms with Crippen molar-refractivity contribution in [2.45, 2.75) is 96.8 Å². The van der Waals surface area contributed by atoms with Gasteiger partial charge in [0.1, 0.15) is 5.78 Å². The number of carbonyl (C=O) groups excluding carboxylic acids is 2. The van der Waals surface area contributed by atoms with Crippen molar-refractivity contribution >= 4 is 40.9 Å². The smallest absolute Gasteiger partial charge is 0.280 e. The SMILES string of the molecule is CCCCCC(=O)CCCCCCCCCCCN=C(N)NC(=O)c1nc(Cl)c(N)nc1N. The van der Waals surface area contributed by atoms with Crippen molar-refractivity contribution in [1.29, 1.82) is 0 Å². The summed E-state index contributed by atoms with van der Waals surface area (Å²) in [7, 11) is 0. The monoisotopic (exact) mass is 481 g/mol. The fourth-order valence-electron chi connectivity index (χ4n) is 3.39. The number of hydrogen-bond acceptors (Lipinski definition) is 7. The summed E-state index contributed by atoms with van der Waals surface area (Å²) in [6, 6.07) is 0. The van der Waals surface area contributed by atoms with Crippen molar-refractivity contribution < 1.29 is 9.59 Å². The number of ketones is 1. The van der Waals surface area contributed by atoms with Crippen LogP contribution in [0.25, 0.3) is 0 Å². The molecule has 0 unspecified atom stereocenters. The van der Waals surface area contributed by atoms with Gasteiger partial charge in [0.2, 0.25) is 0 Å². The summed E-state index contributed by atoms with van der Waals surface area (Å²) in [5, 5.41) is 2.33. The van der Waals surface area contributed by atoms with E-state index in [0.717, 1.165) is 57.8 Å². The van der Waals surface area contributed by atoms with E-state index in [-0.39, 0.29) is 28.4 Å². The van der Waals surface area contributed by atoms with Crippen molar-refractivity contribution in [3.05, 3.63) is 10.8 Å². The molecule has 1 amide bonds. The molecular weight excluding hydrogens is 442 g/mol. The third-order valence-corrected chi connectivity index (χ3v) is 5.59. The molecule has 0 saturated heterocycles. The maximum Gasteiger partial charge on any atom is 0.280 e. The lowest BCUT2D eigenvalue weighted by atomic mass is 10.0. The molecule has 0 bridgehead atoms. The minimum Gasteiger partial charge on any atom is -0.382 e. The van der Waals surface area contributed by atoms with Crippen LogP contribution in [-0.4, -0.2) is 34.2 Å². The van der Waals surface area contributed by atoms with Crippen LogP contribution in [0.2, 0.25) is 5.15 Å². The molecule has 0 saturated carbocycles. The van der Waals surface area contributed by atoms with Gasteiger partial charge in [0, 0.05) is 19.4 Å². The number of aliphatic imine (C=N–C) groups is 1. The first-order chi connectivity index (χ1) is 15.8. The molecule has 1 rings (SSSR count). The molecule has 1 aromatic heterocycles. The van der Waals surface area contributed by atoms with Gasteiger partial charge >= 0.3 is 0 Å². The van der Waals surface area contributed by atoms with Gasteiger partial charge in [-0.05, 0) is 19.3 Å². The van der Waals surface area contributed by atoms with E-state index in [1.807, 2.05) is 0 Å². The number of aromatic nitrogens is 2. The van der Waals surface area contributed by atoms with Crippen LogP contribution in [0.15, 0.2) is 4.99 Å². The molecule has 186 valence electrons. The Hall–Kier alpha value is -2.42. The number of Topliss-reactive ketones (excluding diaryl/α,β-unsaturated/α-hetero) is 1. The summed E-state index contributed by atoms with van der Waals surface area (Å²) in [5.41, 5.74) is 16.7. The Morgan fingerprint density at radius 1 is 0.848 bits per heavy atom. The second-order valence-electron chi connectivity index (χ2n) is 8.28. The molecular formula is C23H40ClN7O2. The third-order valence-electron chi connectivity index (χ3n) is 5.32. The fraction of sp³-hybridized carbons (Fsp3) is 0.696. The van der Waals surface area contributed by atoms with Crippen LogP contribution in [0.1, 0.15) is 107 Å². The maximum atomic E-state index is 12.2. The molecule has 10 heteroatoms. The van der Waals surface area contributed by atoms with E-state index >= 15 is 0 Å². The summed E-state index contributed by atoms with van der Waals surface area (Å²) >= 11 is 5.78. The predicted molar refractivity (Wildman–Crippen MR) is 135 cm³/mol. The molecule has 0 aliphatic rings. The second kappa shape index (κ2) is 17.1. The van der Waals surface area contributed by atoms with Crippen LogP contribution < -0.4 is 22.5 Å². The van der Waals surface area contributed by atoms with Crippen LogP contribution in [-0.2, 0) is 4.79 Å². The van der Waals surface area contributed by atoms with E-state index < -0.39 is 5.91 Å². The number of anilines is 2. The molecule has 7 N–H and O–H groups in total. The number of nitrogens with one attached hydrogen (secondary N) is 1. The average Bonchev–Trinajstić information content (AvgIpc) is 2.77. The van der Waals surface area contributed by atoms with Gasteiger partial charge in [0.05, 0.1) is 0 Å². The van der Waals surface area contributed by atoms with Gasteiger partial charge in [-0.25, -0.2) is 9.97 Å². The number of hydrogen-bond donors (Lipinski definition) is 4. The minimum atomic E-state index is -0.635. The molecule has 1 heterocycles. The number of amides is 1. The zero-order valence-electron chi connectivity index (χ0n) is 19.9. The van der Waals surface area contributed by atoms with E-state index in [1.165, 1.54) is 32.1 Å². The Morgan fingerprint density at radius 2 is 1.39 bits per heavy atom. The highest BCUT2D eigenvalue weighted by molar-refractivity contribution is 6.31. The first-order valence-corrected chi connectivity index (χ1v) is 12.4. The van der Waals surface area contributed by atoms with E-state index in [0.29, 0.717) is 12.3 Å². The number of guanidine groups is 1. The van der Waals surface area contributed by atoms with E-state index in [9.17, 15) is 9.59 Å². The first-order valence-electron chi connectivity index (χ1n) is 12.1. The molecule has 33 heavy (non-hydrogen) atoms. The number of nitrogens with two attached hydrogens (primary N) is 3. The zero-order valence-corrected chi connectivity index (χ0v) is 20.6. The highest BCUT2D eigenvalue weighted by Gasteiger charge is 2.16. The molecule has 0 aliphatic heterocycles. The molecule has 0 aromatic carbocycles. The number of nitrogens with zero attached hydrogens (tertiary/aromatic N) is 3. The number of unbranched alkanes of at least 4 members (excludes halogenated alkanes) is 10. The first kappa shape index (κ1) is 28.6. The number of halogens is 1. The number of carbonyl (C=O) groups is 2. The minimum absolute atomic E-state index is 0.00186. The van der Waals surface area contributed by atoms with Gasteiger partial charge in [-0.2, -0.15) is 0 Å². The van der Waals surface area contributed by atoms with Crippen LogP contribution in [0.3, 0.4) is 0 Å². The van der Waals surface area contributed by atoms with Crippen molar-refractivity contribution in [3.8, 4) is 0 Å². The van der Waals surface area contributed by atoms with Gasteiger partial charge in [-0.1, -0.05) is 76.3 Å². The van der Waals surface area contributed by atoms with Crippen LogP contribution >= 0.6 is 11.6 Å². The predicted octanol–water partition coefficient (Wildman–Crippen LogP) is 4.39. The molecule has 0 aliphatic carbocycles. The lowest BCUT2D eigenvalue weighted by Crippen LogP contribution is -2.38. The van der Waals surface area contributed by atoms with E-state index in [4.69, 9.17) is 28.8 Å². The Bertz CT molecular complexity index is 771. The Morgan fingerprint density at radius 3 is 2.00 bits per heavy atom. The molecule has 9 nitrogen and oxygen atoms in total. The molecule has 0 radical (unpaired) electrons. The fourth-order valence-corrected chi connectivity index (χ4v) is 3.52. The van der Waals surface area contributed by atoms with E-state index in [2.05, 4.69) is 27.2 Å². The van der Waals surface area contributed by atoms with Crippen molar-refractivity contribution in [2.75, 3.05) is 18.0 Å². The lowest BCUT2D eigenvalue weighted by molar-refractivity contribution is -0.119. The van der Waals surface area contributed by atoms with Crippen molar-refractivity contribution in [1.82, 2.24) is 15.3 Å². The molecule has 0 fully saturated rings. The normalized spacial score (nSPS) is 11.5. The highest BCUT2D eigenvalue weighted by Crippen LogP contribution is 2.17. The second-order valence-corrected chi connectivity index (χ2v) is 8.64. The largest absolute Gasteiger partial charge is 0.382 e. The summed E-state index contributed by atoms with van der Waals surface area (Å²) in [5.74, 6) is -0.379. The summed E-state index contributed by atoms with van der Waals surface area (Å²) in [6.45, 7) is 2.69. The van der Waals surface area contributed by atoms with Gasteiger partial charge in [-0.3, -0.25) is 19.9 Å². The Kier molecular flexibility index (Phi) is 14.8. The van der Waals surface area contributed by atoms with Crippen molar-refractivity contribution in [2.24, 2.45) is 10.7 Å². The Balaban J connectivity index is 2.04. The summed E-state index contributed by atoms with van der Waals surface area (Å²) in [6.07, 6.45) is 15.0. The average molecular weight is 482 g/mol. The standard InChI is InChI=1S/C23H40ClN7O2/c1-2-3-11-14-17(32)15-12-9-7-5-4-6-8-10-13-16-28-23(27)31-22(33)18-20(25)30-21(26)19(24)29-18/h2-16H2,1H3,(H4,25,26,30)(H3,27,28,31,33). The molecule has 0 atom stereocenters. The quantitative estimate of drug-likeness (QED) is 0.145. The van der Waals surface area contributed by atoms with Gasteiger partial charge in [-0.15, -0.1) is 0 Å². The van der Waals surface area contributed by atoms with Crippen LogP contribution in [0.5, 0.6) is 0 Å². The molecule has 0 spiro atoms. The summed E-state index contributed by atoms with van der Waals surface area (Å²) in [4.78, 5) is 35.6.